The molecule has 0 radical (unpaired) electrons. The summed E-state index contributed by atoms with van der Waals surface area (Å²) in [6.45, 7) is 7.62. The van der Waals surface area contributed by atoms with Gasteiger partial charge in [0.2, 0.25) is 0 Å². The average Bonchev–Trinajstić information content (AvgIpc) is 2.33. The van der Waals surface area contributed by atoms with Gasteiger partial charge in [-0.2, -0.15) is 0 Å². The molecule has 102 valence electrons. The topological polar surface area (TPSA) is 12.0 Å². The summed E-state index contributed by atoms with van der Waals surface area (Å²) in [5.74, 6) is 0.460. The van der Waals surface area contributed by atoms with Gasteiger partial charge in [-0.15, -0.1) is 0 Å². The Labute approximate surface area is 118 Å². The van der Waals surface area contributed by atoms with Crippen molar-refractivity contribution in [3.63, 3.8) is 0 Å². The zero-order valence-corrected chi connectivity index (χ0v) is 13.1. The molecular formula is C15H23BrFN. The Bertz CT molecular complexity index is 366. The molecule has 0 fully saturated rings. The van der Waals surface area contributed by atoms with Crippen LogP contribution in [0, 0.1) is 11.7 Å². The van der Waals surface area contributed by atoms with Gasteiger partial charge in [0.15, 0.2) is 0 Å². The number of benzene rings is 1. The zero-order valence-electron chi connectivity index (χ0n) is 11.5. The van der Waals surface area contributed by atoms with Gasteiger partial charge in [0, 0.05) is 6.04 Å². The van der Waals surface area contributed by atoms with Crippen LogP contribution in [-0.2, 0) is 6.42 Å². The molecule has 0 bridgehead atoms. The predicted molar refractivity (Wildman–Crippen MR) is 79.3 cm³/mol. The molecule has 1 rings (SSSR count). The molecule has 3 heteroatoms. The van der Waals surface area contributed by atoms with E-state index < -0.39 is 0 Å². The van der Waals surface area contributed by atoms with E-state index in [4.69, 9.17) is 0 Å². The average molecular weight is 316 g/mol. The highest BCUT2D eigenvalue weighted by atomic mass is 79.9. The van der Waals surface area contributed by atoms with E-state index in [1.807, 2.05) is 12.1 Å². The number of halogens is 2. The minimum Gasteiger partial charge on any atom is -0.314 e. The van der Waals surface area contributed by atoms with Gasteiger partial charge in [0.05, 0.1) is 4.47 Å². The first-order valence-electron chi connectivity index (χ1n) is 6.72. The summed E-state index contributed by atoms with van der Waals surface area (Å²) in [4.78, 5) is 0. The third-order valence-electron chi connectivity index (χ3n) is 3.22. The van der Waals surface area contributed by atoms with Crippen molar-refractivity contribution in [1.29, 1.82) is 0 Å². The van der Waals surface area contributed by atoms with Crippen LogP contribution in [-0.4, -0.2) is 12.6 Å². The molecule has 1 atom stereocenters. The highest BCUT2D eigenvalue weighted by Crippen LogP contribution is 2.21. The largest absolute Gasteiger partial charge is 0.314 e. The van der Waals surface area contributed by atoms with Gasteiger partial charge < -0.3 is 5.32 Å². The lowest BCUT2D eigenvalue weighted by atomic mass is 9.96. The van der Waals surface area contributed by atoms with E-state index >= 15 is 0 Å². The van der Waals surface area contributed by atoms with Gasteiger partial charge in [-0.3, -0.25) is 0 Å². The summed E-state index contributed by atoms with van der Waals surface area (Å²) in [5, 5.41) is 3.54. The minimum atomic E-state index is -0.115. The molecule has 0 saturated carbocycles. The molecule has 1 nitrogen and oxygen atoms in total. The van der Waals surface area contributed by atoms with Crippen molar-refractivity contribution < 1.29 is 4.39 Å². The van der Waals surface area contributed by atoms with Gasteiger partial charge in [-0.1, -0.05) is 32.9 Å². The van der Waals surface area contributed by atoms with Crippen LogP contribution < -0.4 is 5.32 Å². The summed E-state index contributed by atoms with van der Waals surface area (Å²) in [7, 11) is 0. The van der Waals surface area contributed by atoms with Crippen molar-refractivity contribution in [1.82, 2.24) is 5.32 Å². The van der Waals surface area contributed by atoms with E-state index in [0.717, 1.165) is 31.4 Å². The van der Waals surface area contributed by atoms with E-state index in [1.165, 1.54) is 0 Å². The molecule has 0 amide bonds. The summed E-state index contributed by atoms with van der Waals surface area (Å²) < 4.78 is 14.4. The molecule has 0 spiro atoms. The quantitative estimate of drug-likeness (QED) is 0.778. The second-order valence-corrected chi connectivity index (χ2v) is 5.91. The van der Waals surface area contributed by atoms with Crippen LogP contribution in [0.15, 0.2) is 22.7 Å². The van der Waals surface area contributed by atoms with Crippen LogP contribution in [0.25, 0.3) is 0 Å². The fraction of sp³-hybridized carbons (Fsp3) is 0.600. The third kappa shape index (κ3) is 4.69. The summed E-state index contributed by atoms with van der Waals surface area (Å²) in [5.41, 5.74) is 0.799. The Morgan fingerprint density at radius 1 is 1.33 bits per heavy atom. The van der Waals surface area contributed by atoms with Gasteiger partial charge in [-0.25, -0.2) is 4.39 Å². The van der Waals surface area contributed by atoms with Gasteiger partial charge in [-0.05, 0) is 59.3 Å². The normalized spacial score (nSPS) is 13.0. The van der Waals surface area contributed by atoms with E-state index in [1.54, 1.807) is 6.07 Å². The van der Waals surface area contributed by atoms with E-state index in [9.17, 15) is 4.39 Å². The van der Waals surface area contributed by atoms with Crippen molar-refractivity contribution in [2.75, 3.05) is 6.54 Å². The number of nitrogens with one attached hydrogen (secondary N) is 1. The highest BCUT2D eigenvalue weighted by molar-refractivity contribution is 9.10. The lowest BCUT2D eigenvalue weighted by Crippen LogP contribution is -2.34. The van der Waals surface area contributed by atoms with E-state index in [-0.39, 0.29) is 5.82 Å². The Morgan fingerprint density at radius 3 is 2.67 bits per heavy atom. The molecule has 18 heavy (non-hydrogen) atoms. The summed E-state index contributed by atoms with van der Waals surface area (Å²) >= 11 is 3.23. The van der Waals surface area contributed by atoms with Crippen LogP contribution in [0.4, 0.5) is 4.39 Å². The number of rotatable bonds is 7. The molecule has 0 saturated heterocycles. The summed E-state index contributed by atoms with van der Waals surface area (Å²) in [6, 6.07) is 5.97. The van der Waals surface area contributed by atoms with Crippen molar-refractivity contribution in [3.8, 4) is 0 Å². The SMILES string of the molecule is CCCNC(CCc1cccc(Br)c1F)C(C)C. The maximum atomic E-state index is 13.8. The molecule has 1 unspecified atom stereocenters. The lowest BCUT2D eigenvalue weighted by molar-refractivity contribution is 0.376. The van der Waals surface area contributed by atoms with Crippen LogP contribution >= 0.6 is 15.9 Å². The van der Waals surface area contributed by atoms with Gasteiger partial charge in [0.1, 0.15) is 5.82 Å². The lowest BCUT2D eigenvalue weighted by Gasteiger charge is -2.22. The standard InChI is InChI=1S/C15H23BrFN/c1-4-10-18-14(11(2)3)9-8-12-6-5-7-13(16)15(12)17/h5-7,11,14,18H,4,8-10H2,1-3H3. The predicted octanol–water partition coefficient (Wildman–Crippen LogP) is 4.55. The third-order valence-corrected chi connectivity index (χ3v) is 3.83. The smallest absolute Gasteiger partial charge is 0.140 e. The summed E-state index contributed by atoms with van der Waals surface area (Å²) in [6.07, 6.45) is 2.89. The van der Waals surface area contributed by atoms with Crippen LogP contribution in [0.5, 0.6) is 0 Å². The fourth-order valence-corrected chi connectivity index (χ4v) is 2.46. The first-order valence-corrected chi connectivity index (χ1v) is 7.51. The van der Waals surface area contributed by atoms with Crippen LogP contribution in [0.3, 0.4) is 0 Å². The first-order chi connectivity index (χ1) is 8.56. The Kier molecular flexibility index (Phi) is 6.87. The molecule has 1 aromatic carbocycles. The zero-order chi connectivity index (χ0) is 13.5. The Morgan fingerprint density at radius 2 is 2.06 bits per heavy atom. The molecule has 0 heterocycles. The molecule has 1 N–H and O–H groups in total. The van der Waals surface area contributed by atoms with Crippen molar-refractivity contribution >= 4 is 15.9 Å². The molecule has 0 aliphatic carbocycles. The minimum absolute atomic E-state index is 0.115. The molecule has 1 aromatic rings. The highest BCUT2D eigenvalue weighted by Gasteiger charge is 2.14. The maximum Gasteiger partial charge on any atom is 0.140 e. The first kappa shape index (κ1) is 15.6. The monoisotopic (exact) mass is 315 g/mol. The van der Waals surface area contributed by atoms with Crippen LogP contribution in [0.2, 0.25) is 0 Å². The number of hydrogen-bond donors (Lipinski definition) is 1. The van der Waals surface area contributed by atoms with Crippen molar-refractivity contribution in [3.05, 3.63) is 34.1 Å². The molecule has 0 aromatic heterocycles. The van der Waals surface area contributed by atoms with E-state index in [2.05, 4.69) is 42.0 Å². The second kappa shape index (κ2) is 7.90. The molecule has 0 aliphatic heterocycles. The second-order valence-electron chi connectivity index (χ2n) is 5.06. The van der Waals surface area contributed by atoms with Crippen molar-refractivity contribution in [2.24, 2.45) is 5.92 Å². The molecular weight excluding hydrogens is 293 g/mol. The van der Waals surface area contributed by atoms with Crippen molar-refractivity contribution in [2.45, 2.75) is 46.1 Å². The van der Waals surface area contributed by atoms with Crippen LogP contribution in [0.1, 0.15) is 39.2 Å². The van der Waals surface area contributed by atoms with E-state index in [0.29, 0.717) is 16.4 Å². The fourth-order valence-electron chi connectivity index (χ4n) is 2.05. The van der Waals surface area contributed by atoms with Gasteiger partial charge in [0.25, 0.3) is 0 Å². The van der Waals surface area contributed by atoms with Gasteiger partial charge >= 0.3 is 0 Å². The number of hydrogen-bond acceptors (Lipinski definition) is 1. The number of aryl methyl sites for hydroxylation is 1. The Hall–Kier alpha value is -0.410. The maximum absolute atomic E-state index is 13.8. The Balaban J connectivity index is 2.58. The molecule has 0 aliphatic rings.